The van der Waals surface area contributed by atoms with E-state index in [-0.39, 0.29) is 60.2 Å². The number of benzene rings is 2. The summed E-state index contributed by atoms with van der Waals surface area (Å²) in [5, 5.41) is 0. The second-order valence-electron chi connectivity index (χ2n) is 12.1. The molecule has 1 aliphatic carbocycles. The molecule has 3 heterocycles. The van der Waals surface area contributed by atoms with Crippen molar-refractivity contribution in [1.29, 1.82) is 0 Å². The van der Waals surface area contributed by atoms with Gasteiger partial charge in [-0.25, -0.2) is 4.39 Å². The number of anilines is 3. The first-order valence-electron chi connectivity index (χ1n) is 15.6. The molecule has 0 saturated heterocycles. The average molecular weight is 892 g/mol. The summed E-state index contributed by atoms with van der Waals surface area (Å²) in [7, 11) is 11.1. The van der Waals surface area contributed by atoms with Gasteiger partial charge >= 0.3 is 20.1 Å². The summed E-state index contributed by atoms with van der Waals surface area (Å²) in [4.78, 5) is 18.2. The van der Waals surface area contributed by atoms with Gasteiger partial charge in [0, 0.05) is 101 Å². The zero-order valence-electron chi connectivity index (χ0n) is 29.0. The summed E-state index contributed by atoms with van der Waals surface area (Å²) in [5.74, 6) is -4.32. The Morgan fingerprint density at radius 2 is 1.12 bits per heavy atom. The Balaban J connectivity index is 0.000000228. The van der Waals surface area contributed by atoms with Crippen molar-refractivity contribution in [3.8, 4) is 33.8 Å². The molecule has 0 saturated carbocycles. The molecule has 0 fully saturated rings. The molecule has 0 aliphatic heterocycles. The van der Waals surface area contributed by atoms with Gasteiger partial charge < -0.3 is 19.7 Å². The predicted octanol–water partition coefficient (Wildman–Crippen LogP) is 9.05. The molecule has 0 bridgehead atoms. The van der Waals surface area contributed by atoms with Gasteiger partial charge in [0.2, 0.25) is 0 Å². The molecule has 5 aromatic rings. The maximum absolute atomic E-state index is 14.4. The van der Waals surface area contributed by atoms with Crippen LogP contribution in [-0.4, -0.2) is 57.2 Å². The van der Waals surface area contributed by atoms with Gasteiger partial charge in [0.15, 0.2) is 0 Å². The normalized spacial score (nSPS) is 12.2. The van der Waals surface area contributed by atoms with Crippen molar-refractivity contribution in [2.45, 2.75) is 6.42 Å². The summed E-state index contributed by atoms with van der Waals surface area (Å²) in [6.07, 6.45) is 5.34. The van der Waals surface area contributed by atoms with E-state index >= 15 is 0 Å². The van der Waals surface area contributed by atoms with E-state index in [0.29, 0.717) is 17.1 Å². The van der Waals surface area contributed by atoms with E-state index in [1.807, 2.05) is 50.1 Å². The number of halogens is 6. The molecule has 0 atom stereocenters. The fourth-order valence-electron chi connectivity index (χ4n) is 5.02. The molecule has 6 nitrogen and oxygen atoms in total. The standard InChI is InChI=1S/C20H19F2N4.C19H14F4N2.Ir/c1-25(2)13-5-7-23-19(9-13)15-11-16(18(22)12-17(15)21)20-10-14(26(3)4)6-8-24-20;1-25(2)13-9-18(14-5-3-11(20)7-16(14)22)24-19(10-13)15-6-4-12(21)8-17(15)23;/h5-10,12H,1-4H3;3,6-10H,4H2,1-2H3;/q-1;-2;+3. The zero-order valence-corrected chi connectivity index (χ0v) is 31.4. The number of allylic oxidation sites excluding steroid dienone is 4. The summed E-state index contributed by atoms with van der Waals surface area (Å²) in [6, 6.07) is 18.3. The Bertz CT molecular complexity index is 2060. The van der Waals surface area contributed by atoms with E-state index in [0.717, 1.165) is 35.6 Å². The molecule has 3 aromatic heterocycles. The molecule has 2 aromatic carbocycles. The van der Waals surface area contributed by atoms with Crippen LogP contribution < -0.4 is 14.7 Å². The molecule has 0 radical (unpaired) electrons. The molecule has 0 N–H and O–H groups in total. The second kappa shape index (κ2) is 16.9. The zero-order chi connectivity index (χ0) is 37.0. The first-order valence-corrected chi connectivity index (χ1v) is 15.6. The Morgan fingerprint density at radius 3 is 1.62 bits per heavy atom. The molecule has 0 unspecified atom stereocenters. The molecule has 6 rings (SSSR count). The maximum atomic E-state index is 14.4. The van der Waals surface area contributed by atoms with Crippen molar-refractivity contribution in [1.82, 2.24) is 15.0 Å². The van der Waals surface area contributed by atoms with Crippen LogP contribution in [0.2, 0.25) is 0 Å². The predicted molar refractivity (Wildman–Crippen MR) is 189 cm³/mol. The van der Waals surface area contributed by atoms with E-state index in [9.17, 15) is 26.3 Å². The monoisotopic (exact) mass is 892 g/mol. The molecular formula is C39H33F6IrN6. The molecule has 270 valence electrons. The van der Waals surface area contributed by atoms with Gasteiger partial charge in [0.25, 0.3) is 0 Å². The number of hydrogen-bond donors (Lipinski definition) is 0. The second-order valence-corrected chi connectivity index (χ2v) is 12.1. The van der Waals surface area contributed by atoms with Crippen LogP contribution in [0.5, 0.6) is 0 Å². The van der Waals surface area contributed by atoms with E-state index < -0.39 is 34.9 Å². The van der Waals surface area contributed by atoms with Crippen LogP contribution in [0, 0.1) is 41.8 Å². The molecule has 1 aliphatic rings. The van der Waals surface area contributed by atoms with Crippen LogP contribution in [0.3, 0.4) is 0 Å². The molecule has 0 spiro atoms. The molecule has 13 heteroatoms. The third kappa shape index (κ3) is 9.20. The number of pyridine rings is 3. The Labute approximate surface area is 312 Å². The minimum absolute atomic E-state index is 0. The molecule has 52 heavy (non-hydrogen) atoms. The summed E-state index contributed by atoms with van der Waals surface area (Å²) in [5.41, 5.74) is 3.89. The third-order valence-electron chi connectivity index (χ3n) is 7.77. The first kappa shape index (κ1) is 39.7. The topological polar surface area (TPSA) is 48.4 Å². The quantitative estimate of drug-likeness (QED) is 0.120. The molecular weight excluding hydrogens is 859 g/mol. The Hall–Kier alpha value is -5.13. The van der Waals surface area contributed by atoms with Crippen molar-refractivity contribution in [3.05, 3.63) is 132 Å². The minimum atomic E-state index is -0.817. The fourth-order valence-corrected chi connectivity index (χ4v) is 5.02. The average Bonchev–Trinajstić information content (AvgIpc) is 3.08. The number of aromatic nitrogens is 3. The summed E-state index contributed by atoms with van der Waals surface area (Å²) in [6.45, 7) is 0. The number of hydrogen-bond acceptors (Lipinski definition) is 6. The van der Waals surface area contributed by atoms with E-state index in [1.54, 1.807) is 55.7 Å². The van der Waals surface area contributed by atoms with Crippen molar-refractivity contribution in [2.24, 2.45) is 0 Å². The van der Waals surface area contributed by atoms with Crippen molar-refractivity contribution >= 4 is 22.6 Å². The van der Waals surface area contributed by atoms with Crippen molar-refractivity contribution in [2.75, 3.05) is 57.0 Å². The van der Waals surface area contributed by atoms with Crippen LogP contribution >= 0.6 is 0 Å². The van der Waals surface area contributed by atoms with Gasteiger partial charge in [-0.1, -0.05) is 47.0 Å². The van der Waals surface area contributed by atoms with Gasteiger partial charge in [0.05, 0.1) is 17.5 Å². The van der Waals surface area contributed by atoms with Crippen molar-refractivity contribution < 1.29 is 46.4 Å². The van der Waals surface area contributed by atoms with Crippen LogP contribution in [0.15, 0.2) is 84.7 Å². The van der Waals surface area contributed by atoms with Crippen LogP contribution in [0.4, 0.5) is 43.4 Å². The smallest absolute Gasteiger partial charge is 0.379 e. The largest absolute Gasteiger partial charge is 3.00 e. The third-order valence-corrected chi connectivity index (χ3v) is 7.77. The Kier molecular flexibility index (Phi) is 12.9. The van der Waals surface area contributed by atoms with Gasteiger partial charge in [0.1, 0.15) is 0 Å². The van der Waals surface area contributed by atoms with E-state index in [2.05, 4.69) is 27.1 Å². The van der Waals surface area contributed by atoms with Crippen LogP contribution in [-0.2, 0) is 20.1 Å². The van der Waals surface area contributed by atoms with E-state index in [4.69, 9.17) is 0 Å². The fraction of sp³-hybridized carbons (Fsp3) is 0.179. The van der Waals surface area contributed by atoms with Crippen LogP contribution in [0.25, 0.3) is 39.3 Å². The van der Waals surface area contributed by atoms with E-state index in [1.165, 1.54) is 6.42 Å². The van der Waals surface area contributed by atoms with Gasteiger partial charge in [-0.3, -0.25) is 31.9 Å². The number of nitrogens with zero attached hydrogens (tertiary/aromatic N) is 6. The maximum Gasteiger partial charge on any atom is 3.00 e. The number of rotatable bonds is 7. The summed E-state index contributed by atoms with van der Waals surface area (Å²) < 4.78 is 83.4. The summed E-state index contributed by atoms with van der Waals surface area (Å²) >= 11 is 0. The minimum Gasteiger partial charge on any atom is -0.379 e. The molecule has 0 amide bonds. The van der Waals surface area contributed by atoms with Gasteiger partial charge in [-0.05, 0) is 42.1 Å². The van der Waals surface area contributed by atoms with Gasteiger partial charge in [-0.15, -0.1) is 23.8 Å². The van der Waals surface area contributed by atoms with Crippen molar-refractivity contribution in [3.63, 3.8) is 0 Å². The van der Waals surface area contributed by atoms with Crippen LogP contribution in [0.1, 0.15) is 12.1 Å². The SMILES string of the molecule is CN(C)c1cc(C2=C(F)C=C(F)C[CH-]2)nc(-c2[c-]cc(F)cc2F)c1.CN(C)c1ccnc(-c2[c-]c(-c3cc(N(C)C)ccn3)c(F)cc2F)c1.[Ir+3]. The Morgan fingerprint density at radius 1 is 0.615 bits per heavy atom. The van der Waals surface area contributed by atoms with Gasteiger partial charge in [-0.2, -0.15) is 6.42 Å². The first-order chi connectivity index (χ1) is 24.2.